The monoisotopic (exact) mass is 339 g/mol. The predicted octanol–water partition coefficient (Wildman–Crippen LogP) is 2.53. The molecule has 7 heteroatoms. The minimum atomic E-state index is -0.342. The van der Waals surface area contributed by atoms with Crippen LogP contribution in [0.3, 0.4) is 0 Å². The van der Waals surface area contributed by atoms with Crippen molar-refractivity contribution in [3.05, 3.63) is 53.6 Å². The van der Waals surface area contributed by atoms with Gasteiger partial charge in [-0.15, -0.1) is 0 Å². The molecule has 0 saturated carbocycles. The lowest BCUT2D eigenvalue weighted by Gasteiger charge is -2.04. The molecule has 0 aromatic heterocycles. The first kappa shape index (κ1) is 16.5. The molecule has 2 amide bonds. The summed E-state index contributed by atoms with van der Waals surface area (Å²) in [4.78, 5) is 23.4. The summed E-state index contributed by atoms with van der Waals surface area (Å²) in [6.45, 7) is 1.98. The Labute approximate surface area is 144 Å². The summed E-state index contributed by atoms with van der Waals surface area (Å²) >= 11 is 0. The number of nitrogens with one attached hydrogen (secondary N) is 2. The van der Waals surface area contributed by atoms with E-state index in [1.54, 1.807) is 43.3 Å². The summed E-state index contributed by atoms with van der Waals surface area (Å²) in [7, 11) is 0. The van der Waals surface area contributed by atoms with Crippen LogP contribution in [0.5, 0.6) is 11.5 Å². The van der Waals surface area contributed by atoms with Gasteiger partial charge < -0.3 is 14.8 Å². The highest BCUT2D eigenvalue weighted by molar-refractivity contribution is 5.96. The first-order chi connectivity index (χ1) is 12.2. The Balaban J connectivity index is 1.57. The minimum absolute atomic E-state index is 0.0782. The summed E-state index contributed by atoms with van der Waals surface area (Å²) in [5, 5.41) is 6.66. The molecule has 25 heavy (non-hydrogen) atoms. The lowest BCUT2D eigenvalue weighted by atomic mass is 10.2. The molecule has 0 fully saturated rings. The largest absolute Gasteiger partial charge is 0.454 e. The van der Waals surface area contributed by atoms with E-state index in [1.807, 2.05) is 6.07 Å². The molecule has 0 bridgehead atoms. The number of ether oxygens (including phenoxy) is 2. The summed E-state index contributed by atoms with van der Waals surface area (Å²) in [5.41, 5.74) is 4.33. The maximum Gasteiger partial charge on any atom is 0.271 e. The normalized spacial score (nSPS) is 12.2. The van der Waals surface area contributed by atoms with Gasteiger partial charge in [0.15, 0.2) is 11.5 Å². The van der Waals surface area contributed by atoms with Crippen molar-refractivity contribution in [1.82, 2.24) is 5.43 Å². The van der Waals surface area contributed by atoms with Gasteiger partial charge >= 0.3 is 0 Å². The molecule has 0 atom stereocenters. The summed E-state index contributed by atoms with van der Waals surface area (Å²) in [6, 6.07) is 12.0. The number of hydrogen-bond donors (Lipinski definition) is 2. The molecule has 0 spiro atoms. The standard InChI is InChI=1S/C18H17N3O4/c1-2-17(22)20-14-6-4-13(5-7-14)18(23)21-19-10-12-3-8-15-16(9-12)25-11-24-15/h3-10H,2,11H2,1H3,(H,20,22)(H,21,23)/b19-10+. The first-order valence-electron chi connectivity index (χ1n) is 7.78. The quantitative estimate of drug-likeness (QED) is 0.647. The lowest BCUT2D eigenvalue weighted by Crippen LogP contribution is -2.17. The van der Waals surface area contributed by atoms with Crippen molar-refractivity contribution in [2.75, 3.05) is 12.1 Å². The van der Waals surface area contributed by atoms with Crippen molar-refractivity contribution in [3.8, 4) is 11.5 Å². The molecule has 2 N–H and O–H groups in total. The Morgan fingerprint density at radius 3 is 2.64 bits per heavy atom. The van der Waals surface area contributed by atoms with E-state index in [0.29, 0.717) is 29.2 Å². The number of amides is 2. The predicted molar refractivity (Wildman–Crippen MR) is 93.0 cm³/mol. The number of fused-ring (bicyclic) bond motifs is 1. The summed E-state index contributed by atoms with van der Waals surface area (Å²) in [5.74, 6) is 0.923. The number of rotatable bonds is 5. The fraction of sp³-hybridized carbons (Fsp3) is 0.167. The maximum absolute atomic E-state index is 12.1. The Morgan fingerprint density at radius 1 is 1.12 bits per heavy atom. The van der Waals surface area contributed by atoms with Crippen molar-refractivity contribution in [2.24, 2.45) is 5.10 Å². The van der Waals surface area contributed by atoms with E-state index < -0.39 is 0 Å². The molecule has 0 aliphatic carbocycles. The maximum atomic E-state index is 12.1. The van der Waals surface area contributed by atoms with E-state index >= 15 is 0 Å². The average Bonchev–Trinajstić information content (AvgIpc) is 3.10. The van der Waals surface area contributed by atoms with Crippen LogP contribution in [0, 0.1) is 0 Å². The Kier molecular flexibility index (Phi) is 4.94. The number of carbonyl (C=O) groups is 2. The van der Waals surface area contributed by atoms with E-state index in [0.717, 1.165) is 5.56 Å². The van der Waals surface area contributed by atoms with Crippen LogP contribution >= 0.6 is 0 Å². The van der Waals surface area contributed by atoms with Crippen molar-refractivity contribution in [2.45, 2.75) is 13.3 Å². The van der Waals surface area contributed by atoms with Crippen LogP contribution < -0.4 is 20.2 Å². The Bertz CT molecular complexity index is 816. The van der Waals surface area contributed by atoms with Crippen molar-refractivity contribution >= 4 is 23.7 Å². The molecule has 1 aliphatic heterocycles. The zero-order chi connectivity index (χ0) is 17.6. The van der Waals surface area contributed by atoms with E-state index in [-0.39, 0.29) is 18.6 Å². The third kappa shape index (κ3) is 4.14. The van der Waals surface area contributed by atoms with E-state index in [4.69, 9.17) is 9.47 Å². The van der Waals surface area contributed by atoms with Gasteiger partial charge in [0.2, 0.25) is 12.7 Å². The van der Waals surface area contributed by atoms with E-state index in [9.17, 15) is 9.59 Å². The zero-order valence-corrected chi connectivity index (χ0v) is 13.6. The fourth-order valence-electron chi connectivity index (χ4n) is 2.18. The summed E-state index contributed by atoms with van der Waals surface area (Å²) in [6.07, 6.45) is 1.92. The number of anilines is 1. The third-order valence-corrected chi connectivity index (χ3v) is 3.53. The molecule has 0 radical (unpaired) electrons. The average molecular weight is 339 g/mol. The second kappa shape index (κ2) is 7.48. The number of hydrazone groups is 1. The molecule has 7 nitrogen and oxygen atoms in total. The lowest BCUT2D eigenvalue weighted by molar-refractivity contribution is -0.115. The van der Waals surface area contributed by atoms with Crippen LogP contribution in [0.2, 0.25) is 0 Å². The van der Waals surface area contributed by atoms with Gasteiger partial charge in [0.25, 0.3) is 5.91 Å². The highest BCUT2D eigenvalue weighted by Crippen LogP contribution is 2.31. The topological polar surface area (TPSA) is 89.0 Å². The fourth-order valence-corrected chi connectivity index (χ4v) is 2.18. The minimum Gasteiger partial charge on any atom is -0.454 e. The SMILES string of the molecule is CCC(=O)Nc1ccc(C(=O)N/N=C/c2ccc3c(c2)OCO3)cc1. The first-order valence-corrected chi connectivity index (χ1v) is 7.78. The zero-order valence-electron chi connectivity index (χ0n) is 13.6. The van der Waals surface area contributed by atoms with Gasteiger partial charge in [-0.2, -0.15) is 5.10 Å². The highest BCUT2D eigenvalue weighted by Gasteiger charge is 2.12. The Hall–Kier alpha value is -3.35. The second-order valence-electron chi connectivity index (χ2n) is 5.29. The molecule has 1 heterocycles. The molecule has 0 unspecified atom stereocenters. The van der Waals surface area contributed by atoms with Crippen LogP contribution in [0.25, 0.3) is 0 Å². The van der Waals surface area contributed by atoms with Crippen LogP contribution in [0.15, 0.2) is 47.6 Å². The van der Waals surface area contributed by atoms with E-state index in [1.165, 1.54) is 6.21 Å². The number of carbonyl (C=O) groups excluding carboxylic acids is 2. The molecule has 128 valence electrons. The molecule has 0 saturated heterocycles. The van der Waals surface area contributed by atoms with Crippen LogP contribution in [-0.4, -0.2) is 24.8 Å². The molecule has 2 aromatic rings. The Morgan fingerprint density at radius 2 is 1.88 bits per heavy atom. The van der Waals surface area contributed by atoms with Gasteiger partial charge in [0.1, 0.15) is 0 Å². The summed E-state index contributed by atoms with van der Waals surface area (Å²) < 4.78 is 10.5. The second-order valence-corrected chi connectivity index (χ2v) is 5.29. The molecular formula is C18H17N3O4. The van der Waals surface area contributed by atoms with Gasteiger partial charge in [-0.25, -0.2) is 5.43 Å². The van der Waals surface area contributed by atoms with Crippen molar-refractivity contribution < 1.29 is 19.1 Å². The van der Waals surface area contributed by atoms with E-state index in [2.05, 4.69) is 15.8 Å². The number of benzene rings is 2. The van der Waals surface area contributed by atoms with Gasteiger partial charge in [-0.3, -0.25) is 9.59 Å². The van der Waals surface area contributed by atoms with Gasteiger partial charge in [0, 0.05) is 17.7 Å². The van der Waals surface area contributed by atoms with Crippen molar-refractivity contribution in [1.29, 1.82) is 0 Å². The van der Waals surface area contributed by atoms with Crippen LogP contribution in [0.1, 0.15) is 29.3 Å². The number of nitrogens with zero attached hydrogens (tertiary/aromatic N) is 1. The van der Waals surface area contributed by atoms with Crippen LogP contribution in [0.4, 0.5) is 5.69 Å². The smallest absolute Gasteiger partial charge is 0.271 e. The highest BCUT2D eigenvalue weighted by atomic mass is 16.7. The molecule has 2 aromatic carbocycles. The molecule has 3 rings (SSSR count). The van der Waals surface area contributed by atoms with Gasteiger partial charge in [-0.1, -0.05) is 6.92 Å². The molecular weight excluding hydrogens is 322 g/mol. The van der Waals surface area contributed by atoms with Gasteiger partial charge in [0.05, 0.1) is 6.21 Å². The van der Waals surface area contributed by atoms with Gasteiger partial charge in [-0.05, 0) is 48.0 Å². The number of hydrogen-bond acceptors (Lipinski definition) is 5. The molecule has 1 aliphatic rings. The third-order valence-electron chi connectivity index (χ3n) is 3.53. The van der Waals surface area contributed by atoms with Crippen molar-refractivity contribution in [3.63, 3.8) is 0 Å². The van der Waals surface area contributed by atoms with Crippen LogP contribution in [-0.2, 0) is 4.79 Å².